The first-order valence-electron chi connectivity index (χ1n) is 10.4. The summed E-state index contributed by atoms with van der Waals surface area (Å²) in [7, 11) is 0. The predicted molar refractivity (Wildman–Crippen MR) is 117 cm³/mol. The molecule has 1 saturated heterocycles. The number of nitrogens with zero attached hydrogens (tertiary/aromatic N) is 2. The van der Waals surface area contributed by atoms with Crippen molar-refractivity contribution in [2.24, 2.45) is 0 Å². The SMILES string of the molecule is Cc1noc(C)c1COc1ccc(C(=O)Nc2cccc(N3CCCCC3)c2)cc1. The monoisotopic (exact) mass is 405 g/mol. The van der Waals surface area contributed by atoms with Gasteiger partial charge in [0.15, 0.2) is 0 Å². The van der Waals surface area contributed by atoms with E-state index in [2.05, 4.69) is 21.4 Å². The summed E-state index contributed by atoms with van der Waals surface area (Å²) in [5.41, 5.74) is 4.33. The third kappa shape index (κ3) is 4.64. The van der Waals surface area contributed by atoms with Crippen molar-refractivity contribution in [2.75, 3.05) is 23.3 Å². The number of benzene rings is 2. The first kappa shape index (κ1) is 20.0. The number of carbonyl (C=O) groups excluding carboxylic acids is 1. The molecule has 6 nitrogen and oxygen atoms in total. The first-order chi connectivity index (χ1) is 14.6. The molecule has 1 aliphatic rings. The van der Waals surface area contributed by atoms with Crippen LogP contribution in [0, 0.1) is 13.8 Å². The van der Waals surface area contributed by atoms with Crippen LogP contribution in [0.25, 0.3) is 0 Å². The Morgan fingerprint density at radius 1 is 1.10 bits per heavy atom. The predicted octanol–water partition coefficient (Wildman–Crippen LogP) is 5.11. The summed E-state index contributed by atoms with van der Waals surface area (Å²) < 4.78 is 11.0. The lowest BCUT2D eigenvalue weighted by molar-refractivity contribution is 0.102. The van der Waals surface area contributed by atoms with Gasteiger partial charge in [-0.3, -0.25) is 4.79 Å². The zero-order chi connectivity index (χ0) is 20.9. The highest BCUT2D eigenvalue weighted by atomic mass is 16.5. The number of hydrogen-bond acceptors (Lipinski definition) is 5. The van der Waals surface area contributed by atoms with Gasteiger partial charge in [0.05, 0.1) is 11.3 Å². The van der Waals surface area contributed by atoms with Crippen molar-refractivity contribution in [3.05, 3.63) is 71.1 Å². The fourth-order valence-electron chi connectivity index (χ4n) is 3.70. The number of anilines is 2. The molecule has 1 fully saturated rings. The molecule has 30 heavy (non-hydrogen) atoms. The maximum Gasteiger partial charge on any atom is 0.255 e. The molecule has 0 aliphatic carbocycles. The molecule has 0 bridgehead atoms. The third-order valence-corrected chi connectivity index (χ3v) is 5.51. The fraction of sp³-hybridized carbons (Fsp3) is 0.333. The van der Waals surface area contributed by atoms with Crippen molar-refractivity contribution in [3.63, 3.8) is 0 Å². The molecule has 156 valence electrons. The van der Waals surface area contributed by atoms with Crippen LogP contribution in [-0.2, 0) is 6.61 Å². The number of nitrogens with one attached hydrogen (secondary N) is 1. The Morgan fingerprint density at radius 3 is 2.57 bits per heavy atom. The van der Waals surface area contributed by atoms with E-state index in [1.165, 1.54) is 19.3 Å². The lowest BCUT2D eigenvalue weighted by atomic mass is 10.1. The van der Waals surface area contributed by atoms with E-state index in [1.807, 2.05) is 32.0 Å². The lowest BCUT2D eigenvalue weighted by Gasteiger charge is -2.29. The van der Waals surface area contributed by atoms with Crippen LogP contribution in [0.1, 0.15) is 46.6 Å². The van der Waals surface area contributed by atoms with Gasteiger partial charge in [-0.2, -0.15) is 0 Å². The number of ether oxygens (including phenoxy) is 1. The van der Waals surface area contributed by atoms with Crippen LogP contribution in [0.3, 0.4) is 0 Å². The van der Waals surface area contributed by atoms with Crippen LogP contribution in [0.15, 0.2) is 53.1 Å². The van der Waals surface area contributed by atoms with Crippen molar-refractivity contribution in [1.82, 2.24) is 5.16 Å². The largest absolute Gasteiger partial charge is 0.489 e. The molecule has 0 radical (unpaired) electrons. The van der Waals surface area contributed by atoms with Crippen LogP contribution in [-0.4, -0.2) is 24.2 Å². The molecule has 3 aromatic rings. The van der Waals surface area contributed by atoms with E-state index in [0.29, 0.717) is 17.9 Å². The van der Waals surface area contributed by atoms with Gasteiger partial charge in [-0.05, 0) is 75.6 Å². The van der Waals surface area contributed by atoms with E-state index in [9.17, 15) is 4.79 Å². The average Bonchev–Trinajstić information content (AvgIpc) is 3.10. The normalized spacial score (nSPS) is 13.9. The van der Waals surface area contributed by atoms with E-state index >= 15 is 0 Å². The van der Waals surface area contributed by atoms with Gasteiger partial charge in [0.1, 0.15) is 18.1 Å². The molecule has 4 rings (SSSR count). The topological polar surface area (TPSA) is 67.6 Å². The number of aryl methyl sites for hydroxylation is 2. The molecule has 2 heterocycles. The smallest absolute Gasteiger partial charge is 0.255 e. The van der Waals surface area contributed by atoms with Gasteiger partial charge in [0.2, 0.25) is 0 Å². The Kier molecular flexibility index (Phi) is 6.02. The van der Waals surface area contributed by atoms with Gasteiger partial charge in [-0.25, -0.2) is 0 Å². The van der Waals surface area contributed by atoms with Crippen molar-refractivity contribution in [2.45, 2.75) is 39.7 Å². The highest BCUT2D eigenvalue weighted by Crippen LogP contribution is 2.24. The van der Waals surface area contributed by atoms with Gasteiger partial charge >= 0.3 is 0 Å². The summed E-state index contributed by atoms with van der Waals surface area (Å²) in [6.45, 7) is 6.30. The standard InChI is InChI=1S/C24H27N3O3/c1-17-23(18(2)30-26-17)16-29-22-11-9-19(10-12-22)24(28)25-20-7-6-8-21(15-20)27-13-4-3-5-14-27/h6-12,15H,3-5,13-14,16H2,1-2H3,(H,25,28). The molecular weight excluding hydrogens is 378 g/mol. The zero-order valence-corrected chi connectivity index (χ0v) is 17.5. The first-order valence-corrected chi connectivity index (χ1v) is 10.4. The van der Waals surface area contributed by atoms with Crippen molar-refractivity contribution in [3.8, 4) is 5.75 Å². The summed E-state index contributed by atoms with van der Waals surface area (Å²) in [5, 5.41) is 6.93. The molecule has 0 saturated carbocycles. The number of aromatic nitrogens is 1. The minimum atomic E-state index is -0.136. The number of rotatable bonds is 6. The number of carbonyl (C=O) groups is 1. The second-order valence-electron chi connectivity index (χ2n) is 7.67. The van der Waals surface area contributed by atoms with E-state index in [-0.39, 0.29) is 5.91 Å². The summed E-state index contributed by atoms with van der Waals surface area (Å²) in [6.07, 6.45) is 3.74. The van der Waals surface area contributed by atoms with E-state index in [0.717, 1.165) is 41.5 Å². The minimum absolute atomic E-state index is 0.136. The van der Waals surface area contributed by atoms with Crippen LogP contribution >= 0.6 is 0 Å². The quantitative estimate of drug-likeness (QED) is 0.617. The maximum atomic E-state index is 12.7. The lowest BCUT2D eigenvalue weighted by Crippen LogP contribution is -2.29. The summed E-state index contributed by atoms with van der Waals surface area (Å²) >= 11 is 0. The van der Waals surface area contributed by atoms with Crippen molar-refractivity contribution >= 4 is 17.3 Å². The molecule has 1 amide bonds. The molecule has 1 N–H and O–H groups in total. The average molecular weight is 405 g/mol. The molecule has 1 aromatic heterocycles. The van der Waals surface area contributed by atoms with Crippen LogP contribution in [0.5, 0.6) is 5.75 Å². The van der Waals surface area contributed by atoms with E-state index < -0.39 is 0 Å². The molecule has 0 unspecified atom stereocenters. The van der Waals surface area contributed by atoms with Crippen LogP contribution < -0.4 is 15.0 Å². The van der Waals surface area contributed by atoms with E-state index in [1.54, 1.807) is 24.3 Å². The summed E-state index contributed by atoms with van der Waals surface area (Å²) in [5.74, 6) is 1.32. The number of hydrogen-bond donors (Lipinski definition) is 1. The highest BCUT2D eigenvalue weighted by Gasteiger charge is 2.13. The Balaban J connectivity index is 1.37. The van der Waals surface area contributed by atoms with Gasteiger partial charge in [-0.1, -0.05) is 11.2 Å². The summed E-state index contributed by atoms with van der Waals surface area (Å²) in [6, 6.07) is 15.2. The summed E-state index contributed by atoms with van der Waals surface area (Å²) in [4.78, 5) is 15.0. The Bertz CT molecular complexity index is 985. The van der Waals surface area contributed by atoms with Gasteiger partial charge in [-0.15, -0.1) is 0 Å². The Morgan fingerprint density at radius 2 is 1.87 bits per heavy atom. The molecule has 0 atom stereocenters. The molecule has 0 spiro atoms. The maximum absolute atomic E-state index is 12.7. The van der Waals surface area contributed by atoms with Gasteiger partial charge in [0, 0.05) is 30.0 Å². The molecule has 1 aliphatic heterocycles. The molecule has 6 heteroatoms. The fourth-order valence-corrected chi connectivity index (χ4v) is 3.70. The third-order valence-electron chi connectivity index (χ3n) is 5.51. The molecular formula is C24H27N3O3. The Hall–Kier alpha value is -3.28. The highest BCUT2D eigenvalue weighted by molar-refractivity contribution is 6.04. The van der Waals surface area contributed by atoms with Crippen molar-refractivity contribution < 1.29 is 14.1 Å². The Labute approximate surface area is 176 Å². The number of amides is 1. The van der Waals surface area contributed by atoms with E-state index in [4.69, 9.17) is 9.26 Å². The van der Waals surface area contributed by atoms with Gasteiger partial charge in [0.25, 0.3) is 5.91 Å². The minimum Gasteiger partial charge on any atom is -0.489 e. The number of piperidine rings is 1. The second kappa shape index (κ2) is 9.03. The van der Waals surface area contributed by atoms with Gasteiger partial charge < -0.3 is 19.5 Å². The molecule has 2 aromatic carbocycles. The van der Waals surface area contributed by atoms with Crippen molar-refractivity contribution in [1.29, 1.82) is 0 Å². The van der Waals surface area contributed by atoms with Crippen LogP contribution in [0.4, 0.5) is 11.4 Å². The zero-order valence-electron chi connectivity index (χ0n) is 17.5. The second-order valence-corrected chi connectivity index (χ2v) is 7.67. The van der Waals surface area contributed by atoms with Crippen LogP contribution in [0.2, 0.25) is 0 Å².